The van der Waals surface area contributed by atoms with Crippen molar-refractivity contribution in [1.82, 2.24) is 0 Å². The van der Waals surface area contributed by atoms with E-state index in [2.05, 4.69) is 9.78 Å². The van der Waals surface area contributed by atoms with Gasteiger partial charge in [0, 0.05) is 0 Å². The molecule has 2 rings (SSSR count). The number of ether oxygens (including phenoxy) is 1. The molecule has 2 aliphatic rings. The van der Waals surface area contributed by atoms with Crippen LogP contribution in [-0.4, -0.2) is 57.4 Å². The fourth-order valence-corrected chi connectivity index (χ4v) is 1.35. The summed E-state index contributed by atoms with van der Waals surface area (Å²) in [6.45, 7) is -0.485. The first kappa shape index (κ1) is 9.28. The standard InChI is InChI=1S/C6H10O7/c7-1-2-6(12-13-6)4(9)3(8)5(10)11-2/h2-5,7-10H,1H2/t2-,3+,4-,5+/m1/s1. The van der Waals surface area contributed by atoms with Crippen LogP contribution < -0.4 is 0 Å². The summed E-state index contributed by atoms with van der Waals surface area (Å²) in [5, 5.41) is 36.4. The van der Waals surface area contributed by atoms with E-state index in [1.807, 2.05) is 0 Å². The average Bonchev–Trinajstić information content (AvgIpc) is 2.90. The van der Waals surface area contributed by atoms with Crippen LogP contribution in [0.15, 0.2) is 0 Å². The SMILES string of the molecule is OC[C@H]1O[C@H](O)[C@@H](O)[C@@H](O)C12OO2. The maximum Gasteiger partial charge on any atom is 0.290 e. The van der Waals surface area contributed by atoms with Crippen molar-refractivity contribution < 1.29 is 34.9 Å². The van der Waals surface area contributed by atoms with Gasteiger partial charge in [0.1, 0.15) is 18.3 Å². The van der Waals surface area contributed by atoms with Crippen LogP contribution in [0.25, 0.3) is 0 Å². The number of aliphatic hydroxyl groups is 4. The summed E-state index contributed by atoms with van der Waals surface area (Å²) in [5.41, 5.74) is 0. The third-order valence-corrected chi connectivity index (χ3v) is 2.22. The third kappa shape index (κ3) is 1.17. The molecule has 2 fully saturated rings. The monoisotopic (exact) mass is 194 g/mol. The van der Waals surface area contributed by atoms with Gasteiger partial charge >= 0.3 is 0 Å². The van der Waals surface area contributed by atoms with Crippen molar-refractivity contribution >= 4 is 0 Å². The van der Waals surface area contributed by atoms with Gasteiger partial charge in [-0.3, -0.25) is 0 Å². The number of hydrogen-bond acceptors (Lipinski definition) is 7. The first-order valence-corrected chi connectivity index (χ1v) is 3.79. The van der Waals surface area contributed by atoms with E-state index in [9.17, 15) is 5.11 Å². The highest BCUT2D eigenvalue weighted by Gasteiger charge is 2.68. The molecule has 0 aromatic carbocycles. The minimum atomic E-state index is -1.55. The molecule has 2 saturated heterocycles. The Labute approximate surface area is 73.0 Å². The van der Waals surface area contributed by atoms with E-state index in [-0.39, 0.29) is 0 Å². The van der Waals surface area contributed by atoms with Gasteiger partial charge < -0.3 is 25.2 Å². The highest BCUT2D eigenvalue weighted by Crippen LogP contribution is 2.43. The number of rotatable bonds is 1. The molecular formula is C6H10O7. The van der Waals surface area contributed by atoms with Crippen molar-refractivity contribution in [2.24, 2.45) is 0 Å². The van der Waals surface area contributed by atoms with E-state index < -0.39 is 37.0 Å². The lowest BCUT2D eigenvalue weighted by Gasteiger charge is -2.35. The van der Waals surface area contributed by atoms with Crippen LogP contribution in [-0.2, 0) is 14.5 Å². The van der Waals surface area contributed by atoms with E-state index in [1.165, 1.54) is 0 Å². The zero-order chi connectivity index (χ0) is 9.64. The Balaban J connectivity index is 2.16. The van der Waals surface area contributed by atoms with Crippen molar-refractivity contribution in [2.75, 3.05) is 6.61 Å². The summed E-state index contributed by atoms with van der Waals surface area (Å²) >= 11 is 0. The van der Waals surface area contributed by atoms with Crippen molar-refractivity contribution in [3.63, 3.8) is 0 Å². The van der Waals surface area contributed by atoms with Crippen LogP contribution in [0.5, 0.6) is 0 Å². The first-order chi connectivity index (χ1) is 6.12. The van der Waals surface area contributed by atoms with Crippen LogP contribution >= 0.6 is 0 Å². The van der Waals surface area contributed by atoms with Crippen LogP contribution in [0.4, 0.5) is 0 Å². The normalized spacial score (nSPS) is 48.0. The van der Waals surface area contributed by atoms with Gasteiger partial charge in [0.25, 0.3) is 5.79 Å². The largest absolute Gasteiger partial charge is 0.393 e. The summed E-state index contributed by atoms with van der Waals surface area (Å²) in [6.07, 6.45) is -5.50. The highest BCUT2D eigenvalue weighted by molar-refractivity contribution is 4.99. The second-order valence-corrected chi connectivity index (χ2v) is 3.02. The molecule has 2 aliphatic heterocycles. The molecule has 76 valence electrons. The molecule has 0 aromatic heterocycles. The molecule has 0 saturated carbocycles. The Morgan fingerprint density at radius 3 is 2.23 bits per heavy atom. The summed E-state index contributed by atoms with van der Waals surface area (Å²) in [7, 11) is 0. The molecule has 0 unspecified atom stereocenters. The van der Waals surface area contributed by atoms with Gasteiger partial charge in [-0.15, -0.1) is 0 Å². The Morgan fingerprint density at radius 1 is 1.15 bits per heavy atom. The number of hydrogen-bond donors (Lipinski definition) is 4. The molecule has 0 aromatic rings. The first-order valence-electron chi connectivity index (χ1n) is 3.79. The van der Waals surface area contributed by atoms with Gasteiger partial charge in [0.05, 0.1) is 6.61 Å². The maximum atomic E-state index is 9.39. The van der Waals surface area contributed by atoms with Crippen molar-refractivity contribution in [2.45, 2.75) is 30.4 Å². The van der Waals surface area contributed by atoms with Gasteiger partial charge in [0.15, 0.2) is 6.29 Å². The molecule has 0 radical (unpaired) electrons. The summed E-state index contributed by atoms with van der Waals surface area (Å²) in [5.74, 6) is -1.52. The fourth-order valence-electron chi connectivity index (χ4n) is 1.35. The van der Waals surface area contributed by atoms with Crippen molar-refractivity contribution in [3.05, 3.63) is 0 Å². The van der Waals surface area contributed by atoms with Crippen LogP contribution in [0.1, 0.15) is 0 Å². The van der Waals surface area contributed by atoms with Gasteiger partial charge in [-0.05, 0) is 0 Å². The van der Waals surface area contributed by atoms with E-state index in [0.717, 1.165) is 0 Å². The lowest BCUT2D eigenvalue weighted by molar-refractivity contribution is -0.282. The molecule has 7 heteroatoms. The molecule has 2 heterocycles. The summed E-state index contributed by atoms with van der Waals surface area (Å²) in [6, 6.07) is 0. The zero-order valence-electron chi connectivity index (χ0n) is 6.53. The second-order valence-electron chi connectivity index (χ2n) is 3.02. The van der Waals surface area contributed by atoms with Crippen LogP contribution in [0.2, 0.25) is 0 Å². The molecule has 1 spiro atoms. The van der Waals surface area contributed by atoms with E-state index >= 15 is 0 Å². The van der Waals surface area contributed by atoms with Gasteiger partial charge in [-0.25, -0.2) is 0 Å². The Hall–Kier alpha value is -0.280. The van der Waals surface area contributed by atoms with Crippen molar-refractivity contribution in [1.29, 1.82) is 0 Å². The molecule has 7 nitrogen and oxygen atoms in total. The zero-order valence-corrected chi connectivity index (χ0v) is 6.53. The lowest BCUT2D eigenvalue weighted by atomic mass is 9.97. The molecule has 4 atom stereocenters. The summed E-state index contributed by atoms with van der Waals surface area (Å²) in [4.78, 5) is 8.93. The van der Waals surface area contributed by atoms with E-state index in [4.69, 9.17) is 20.1 Å². The quantitative estimate of drug-likeness (QED) is 0.261. The highest BCUT2D eigenvalue weighted by atomic mass is 17.4. The Bertz CT molecular complexity index is 199. The minimum absolute atomic E-state index is 0.485. The predicted molar refractivity (Wildman–Crippen MR) is 34.9 cm³/mol. The number of aliphatic hydroxyl groups excluding tert-OH is 4. The molecule has 13 heavy (non-hydrogen) atoms. The maximum absolute atomic E-state index is 9.39. The van der Waals surface area contributed by atoms with Gasteiger partial charge in [0.2, 0.25) is 0 Å². The summed E-state index contributed by atoms with van der Waals surface area (Å²) < 4.78 is 4.74. The van der Waals surface area contributed by atoms with Crippen LogP contribution in [0.3, 0.4) is 0 Å². The van der Waals surface area contributed by atoms with E-state index in [1.54, 1.807) is 0 Å². The lowest BCUT2D eigenvalue weighted by Crippen LogP contribution is -2.60. The topological polar surface area (TPSA) is 115 Å². The smallest absolute Gasteiger partial charge is 0.290 e. The van der Waals surface area contributed by atoms with Crippen LogP contribution in [0, 0.1) is 0 Å². The van der Waals surface area contributed by atoms with Gasteiger partial charge in [-0.2, -0.15) is 9.78 Å². The Kier molecular flexibility index (Phi) is 2.04. The molecule has 4 N–H and O–H groups in total. The predicted octanol–water partition coefficient (Wildman–Crippen LogP) is -2.92. The minimum Gasteiger partial charge on any atom is -0.393 e. The molecule has 0 aliphatic carbocycles. The Morgan fingerprint density at radius 2 is 1.77 bits per heavy atom. The van der Waals surface area contributed by atoms with E-state index in [0.29, 0.717) is 0 Å². The average molecular weight is 194 g/mol. The third-order valence-electron chi connectivity index (χ3n) is 2.22. The molecule has 0 bridgehead atoms. The molecule has 0 amide bonds. The molecular weight excluding hydrogens is 184 g/mol. The fraction of sp³-hybridized carbons (Fsp3) is 1.00. The second kappa shape index (κ2) is 2.85. The van der Waals surface area contributed by atoms with Crippen molar-refractivity contribution in [3.8, 4) is 0 Å². The van der Waals surface area contributed by atoms with Gasteiger partial charge in [-0.1, -0.05) is 0 Å².